The highest BCUT2D eigenvalue weighted by Crippen LogP contribution is 2.23. The van der Waals surface area contributed by atoms with Crippen LogP contribution in [0.4, 0.5) is 10.1 Å². The molecule has 2 aromatic rings. The molecule has 18 heavy (non-hydrogen) atoms. The van der Waals surface area contributed by atoms with E-state index in [4.69, 9.17) is 4.74 Å². The number of ether oxygens (including phenoxy) is 1. The second-order valence-corrected chi connectivity index (χ2v) is 3.89. The molecule has 94 valence electrons. The van der Waals surface area contributed by atoms with E-state index in [1.165, 1.54) is 12.1 Å². The molecule has 1 N–H and O–H groups in total. The fraction of sp³-hybridized carbons (Fsp3) is 0.214. The minimum atomic E-state index is -0.279. The van der Waals surface area contributed by atoms with Crippen molar-refractivity contribution in [3.05, 3.63) is 48.5 Å². The molecule has 1 heterocycles. The lowest BCUT2D eigenvalue weighted by atomic mass is 10.3. The molecule has 1 aromatic heterocycles. The minimum absolute atomic E-state index is 0.279. The summed E-state index contributed by atoms with van der Waals surface area (Å²) in [7, 11) is 0. The molecule has 1 aromatic carbocycles. The number of hydrogen-bond acceptors (Lipinski definition) is 3. The van der Waals surface area contributed by atoms with Gasteiger partial charge in [0.05, 0.1) is 18.1 Å². The zero-order valence-electron chi connectivity index (χ0n) is 10.2. The SMILES string of the molecule is CCCNc1cncc(Oc2ccc(F)cc2)c1. The first-order valence-corrected chi connectivity index (χ1v) is 5.90. The van der Waals surface area contributed by atoms with Crippen molar-refractivity contribution in [3.63, 3.8) is 0 Å². The Labute approximate surface area is 106 Å². The average molecular weight is 246 g/mol. The maximum Gasteiger partial charge on any atom is 0.147 e. The lowest BCUT2D eigenvalue weighted by Gasteiger charge is -2.08. The van der Waals surface area contributed by atoms with Crippen LogP contribution in [-0.2, 0) is 0 Å². The van der Waals surface area contributed by atoms with Gasteiger partial charge in [-0.15, -0.1) is 0 Å². The molecule has 0 bridgehead atoms. The van der Waals surface area contributed by atoms with Crippen molar-refractivity contribution >= 4 is 5.69 Å². The lowest BCUT2D eigenvalue weighted by Crippen LogP contribution is -2.00. The van der Waals surface area contributed by atoms with Gasteiger partial charge in [-0.3, -0.25) is 4.98 Å². The molecule has 0 radical (unpaired) electrons. The summed E-state index contributed by atoms with van der Waals surface area (Å²) in [6.45, 7) is 2.99. The van der Waals surface area contributed by atoms with E-state index in [0.717, 1.165) is 18.7 Å². The summed E-state index contributed by atoms with van der Waals surface area (Å²) in [4.78, 5) is 4.09. The van der Waals surface area contributed by atoms with Crippen LogP contribution in [0.2, 0.25) is 0 Å². The first-order chi connectivity index (χ1) is 8.78. The Morgan fingerprint density at radius 1 is 1.17 bits per heavy atom. The van der Waals surface area contributed by atoms with Crippen molar-refractivity contribution in [2.24, 2.45) is 0 Å². The molecule has 0 saturated carbocycles. The van der Waals surface area contributed by atoms with Crippen LogP contribution in [0, 0.1) is 5.82 Å². The van der Waals surface area contributed by atoms with Gasteiger partial charge in [-0.25, -0.2) is 4.39 Å². The molecule has 0 unspecified atom stereocenters. The monoisotopic (exact) mass is 246 g/mol. The first-order valence-electron chi connectivity index (χ1n) is 5.90. The molecular formula is C14H15FN2O. The number of rotatable bonds is 5. The van der Waals surface area contributed by atoms with Gasteiger partial charge in [0, 0.05) is 12.6 Å². The highest BCUT2D eigenvalue weighted by atomic mass is 19.1. The van der Waals surface area contributed by atoms with E-state index in [0.29, 0.717) is 11.5 Å². The van der Waals surface area contributed by atoms with Gasteiger partial charge in [-0.05, 0) is 30.7 Å². The molecule has 0 aliphatic heterocycles. The predicted octanol–water partition coefficient (Wildman–Crippen LogP) is 3.83. The van der Waals surface area contributed by atoms with Gasteiger partial charge in [0.1, 0.15) is 17.3 Å². The number of hydrogen-bond donors (Lipinski definition) is 1. The van der Waals surface area contributed by atoms with E-state index in [-0.39, 0.29) is 5.82 Å². The van der Waals surface area contributed by atoms with E-state index in [2.05, 4.69) is 17.2 Å². The van der Waals surface area contributed by atoms with Crippen LogP contribution in [0.1, 0.15) is 13.3 Å². The standard InChI is InChI=1S/C14H15FN2O/c1-2-7-17-12-8-14(10-16-9-12)18-13-5-3-11(15)4-6-13/h3-6,8-10,17H,2,7H2,1H3. The largest absolute Gasteiger partial charge is 0.456 e. The van der Waals surface area contributed by atoms with Gasteiger partial charge in [0.25, 0.3) is 0 Å². The second kappa shape index (κ2) is 6.00. The fourth-order valence-electron chi connectivity index (χ4n) is 1.48. The molecular weight excluding hydrogens is 231 g/mol. The molecule has 0 spiro atoms. The van der Waals surface area contributed by atoms with Crippen LogP contribution >= 0.6 is 0 Å². The van der Waals surface area contributed by atoms with Gasteiger partial charge in [-0.1, -0.05) is 6.92 Å². The van der Waals surface area contributed by atoms with Crippen molar-refractivity contribution in [1.29, 1.82) is 0 Å². The van der Waals surface area contributed by atoms with Crippen LogP contribution in [-0.4, -0.2) is 11.5 Å². The molecule has 0 aliphatic rings. The first kappa shape index (κ1) is 12.4. The summed E-state index contributed by atoms with van der Waals surface area (Å²) in [6.07, 6.45) is 4.41. The quantitative estimate of drug-likeness (QED) is 0.870. The van der Waals surface area contributed by atoms with E-state index < -0.39 is 0 Å². The molecule has 0 atom stereocenters. The zero-order valence-corrected chi connectivity index (χ0v) is 10.2. The number of pyridine rings is 1. The third-order valence-corrected chi connectivity index (χ3v) is 2.34. The summed E-state index contributed by atoms with van der Waals surface area (Å²) < 4.78 is 18.3. The van der Waals surface area contributed by atoms with Crippen LogP contribution in [0.3, 0.4) is 0 Å². The number of halogens is 1. The number of anilines is 1. The lowest BCUT2D eigenvalue weighted by molar-refractivity contribution is 0.478. The van der Waals surface area contributed by atoms with E-state index in [9.17, 15) is 4.39 Å². The molecule has 0 saturated heterocycles. The van der Waals surface area contributed by atoms with Crippen molar-refractivity contribution in [3.8, 4) is 11.5 Å². The molecule has 0 aliphatic carbocycles. The van der Waals surface area contributed by atoms with Gasteiger partial charge in [0.2, 0.25) is 0 Å². The number of nitrogens with zero attached hydrogens (tertiary/aromatic N) is 1. The zero-order chi connectivity index (χ0) is 12.8. The third-order valence-electron chi connectivity index (χ3n) is 2.34. The minimum Gasteiger partial charge on any atom is -0.456 e. The summed E-state index contributed by atoms with van der Waals surface area (Å²) in [6, 6.07) is 7.76. The van der Waals surface area contributed by atoms with E-state index >= 15 is 0 Å². The van der Waals surface area contributed by atoms with Crippen LogP contribution in [0.15, 0.2) is 42.7 Å². The summed E-state index contributed by atoms with van der Waals surface area (Å²) in [5.41, 5.74) is 0.913. The summed E-state index contributed by atoms with van der Waals surface area (Å²) in [5.74, 6) is 0.937. The van der Waals surface area contributed by atoms with Gasteiger partial charge in [0.15, 0.2) is 0 Å². The highest BCUT2D eigenvalue weighted by Gasteiger charge is 2.00. The number of aromatic nitrogens is 1. The summed E-state index contributed by atoms with van der Waals surface area (Å²) in [5, 5.41) is 3.23. The predicted molar refractivity (Wildman–Crippen MR) is 69.5 cm³/mol. The Bertz CT molecular complexity index is 499. The Morgan fingerprint density at radius 2 is 1.94 bits per heavy atom. The fourth-order valence-corrected chi connectivity index (χ4v) is 1.48. The second-order valence-electron chi connectivity index (χ2n) is 3.89. The molecule has 0 amide bonds. The number of nitrogens with one attached hydrogen (secondary N) is 1. The molecule has 0 fully saturated rings. The van der Waals surface area contributed by atoms with Crippen molar-refractivity contribution in [2.45, 2.75) is 13.3 Å². The third kappa shape index (κ3) is 3.45. The normalized spacial score (nSPS) is 10.1. The van der Waals surface area contributed by atoms with Crippen LogP contribution in [0.25, 0.3) is 0 Å². The van der Waals surface area contributed by atoms with Crippen molar-refractivity contribution in [1.82, 2.24) is 4.98 Å². The molecule has 4 heteroatoms. The maximum atomic E-state index is 12.8. The molecule has 2 rings (SSSR count). The topological polar surface area (TPSA) is 34.2 Å². The van der Waals surface area contributed by atoms with Crippen molar-refractivity contribution < 1.29 is 9.13 Å². The highest BCUT2D eigenvalue weighted by molar-refractivity contribution is 5.46. The summed E-state index contributed by atoms with van der Waals surface area (Å²) >= 11 is 0. The average Bonchev–Trinajstić information content (AvgIpc) is 2.40. The number of benzene rings is 1. The van der Waals surface area contributed by atoms with E-state index in [1.807, 2.05) is 6.07 Å². The maximum absolute atomic E-state index is 12.8. The Balaban J connectivity index is 2.06. The van der Waals surface area contributed by atoms with Gasteiger partial charge in [-0.2, -0.15) is 0 Å². The van der Waals surface area contributed by atoms with Gasteiger partial charge < -0.3 is 10.1 Å². The molecule has 3 nitrogen and oxygen atoms in total. The Hall–Kier alpha value is -2.10. The van der Waals surface area contributed by atoms with Crippen LogP contribution in [0.5, 0.6) is 11.5 Å². The van der Waals surface area contributed by atoms with Crippen LogP contribution < -0.4 is 10.1 Å². The van der Waals surface area contributed by atoms with E-state index in [1.54, 1.807) is 24.5 Å². The van der Waals surface area contributed by atoms with Crippen molar-refractivity contribution in [2.75, 3.05) is 11.9 Å². The smallest absolute Gasteiger partial charge is 0.147 e. The Morgan fingerprint density at radius 3 is 2.67 bits per heavy atom. The van der Waals surface area contributed by atoms with Gasteiger partial charge >= 0.3 is 0 Å². The Kier molecular flexibility index (Phi) is 4.12.